The van der Waals surface area contributed by atoms with Gasteiger partial charge in [-0.2, -0.15) is 0 Å². The van der Waals surface area contributed by atoms with Gasteiger partial charge in [0.05, 0.1) is 13.0 Å². The molecule has 1 spiro atoms. The van der Waals surface area contributed by atoms with Crippen LogP contribution in [0.1, 0.15) is 67.9 Å². The topological polar surface area (TPSA) is 46.6 Å². The van der Waals surface area contributed by atoms with Gasteiger partial charge in [0, 0.05) is 24.4 Å². The van der Waals surface area contributed by atoms with Gasteiger partial charge in [0.25, 0.3) is 0 Å². The highest BCUT2D eigenvalue weighted by atomic mass is 16.5. The van der Waals surface area contributed by atoms with E-state index in [1.807, 2.05) is 11.9 Å². The van der Waals surface area contributed by atoms with E-state index in [1.54, 1.807) is 0 Å². The van der Waals surface area contributed by atoms with Crippen LogP contribution in [0.15, 0.2) is 24.3 Å². The Morgan fingerprint density at radius 1 is 1.15 bits per heavy atom. The fourth-order valence-corrected chi connectivity index (χ4v) is 5.19. The molecule has 1 amide bonds. The highest BCUT2D eigenvalue weighted by Gasteiger charge is 2.53. The highest BCUT2D eigenvalue weighted by molar-refractivity contribution is 5.81. The third-order valence-corrected chi connectivity index (χ3v) is 7.21. The molecule has 1 aliphatic heterocycles. The summed E-state index contributed by atoms with van der Waals surface area (Å²) in [6, 6.07) is 9.48. The van der Waals surface area contributed by atoms with Crippen LogP contribution in [0.2, 0.25) is 0 Å². The van der Waals surface area contributed by atoms with Crippen molar-refractivity contribution in [3.63, 3.8) is 0 Å². The minimum absolute atomic E-state index is 0.0242. The number of carbonyl (C=O) groups is 2. The molecule has 0 bridgehead atoms. The fraction of sp³-hybridized carbons (Fsp3) is 0.636. The number of cyclic esters (lactones) is 1. The third kappa shape index (κ3) is 2.74. The molecule has 1 aromatic rings. The van der Waals surface area contributed by atoms with Crippen molar-refractivity contribution in [1.82, 2.24) is 4.90 Å². The van der Waals surface area contributed by atoms with Crippen molar-refractivity contribution in [2.24, 2.45) is 11.3 Å². The summed E-state index contributed by atoms with van der Waals surface area (Å²) >= 11 is 0. The number of hydrogen-bond acceptors (Lipinski definition) is 3. The molecule has 1 aromatic carbocycles. The van der Waals surface area contributed by atoms with Gasteiger partial charge in [-0.3, -0.25) is 9.59 Å². The van der Waals surface area contributed by atoms with Crippen LogP contribution in [0.5, 0.6) is 0 Å². The summed E-state index contributed by atoms with van der Waals surface area (Å²) in [5, 5.41) is 0. The maximum atomic E-state index is 12.8. The largest absolute Gasteiger partial charge is 0.465 e. The Hall–Kier alpha value is -1.84. The Labute approximate surface area is 154 Å². The molecular weight excluding hydrogens is 326 g/mol. The molecule has 3 saturated carbocycles. The van der Waals surface area contributed by atoms with E-state index in [2.05, 4.69) is 24.3 Å². The second kappa shape index (κ2) is 5.83. The van der Waals surface area contributed by atoms with Crippen LogP contribution >= 0.6 is 0 Å². The Morgan fingerprint density at radius 2 is 1.85 bits per heavy atom. The van der Waals surface area contributed by atoms with Crippen LogP contribution in [0, 0.1) is 11.3 Å². The number of ether oxygens (including phenoxy) is 1. The van der Waals surface area contributed by atoms with Crippen molar-refractivity contribution in [2.75, 3.05) is 13.7 Å². The van der Waals surface area contributed by atoms with Crippen molar-refractivity contribution in [3.05, 3.63) is 35.4 Å². The summed E-state index contributed by atoms with van der Waals surface area (Å²) < 4.78 is 5.11. The molecule has 0 N–H and O–H groups in total. The van der Waals surface area contributed by atoms with E-state index in [9.17, 15) is 9.59 Å². The molecule has 4 nitrogen and oxygen atoms in total. The van der Waals surface area contributed by atoms with Gasteiger partial charge in [-0.05, 0) is 61.5 Å². The van der Waals surface area contributed by atoms with Gasteiger partial charge < -0.3 is 9.64 Å². The van der Waals surface area contributed by atoms with Gasteiger partial charge in [0.1, 0.15) is 0 Å². The van der Waals surface area contributed by atoms with Gasteiger partial charge >= 0.3 is 5.97 Å². The molecule has 4 fully saturated rings. The zero-order valence-electron chi connectivity index (χ0n) is 15.4. The quantitative estimate of drug-likeness (QED) is 0.777. The Bertz CT molecular complexity index is 742. The highest BCUT2D eigenvalue weighted by Crippen LogP contribution is 2.52. The average molecular weight is 353 g/mol. The monoisotopic (exact) mass is 353 g/mol. The molecule has 0 aromatic heterocycles. The van der Waals surface area contributed by atoms with Crippen LogP contribution in [-0.2, 0) is 14.3 Å². The first-order valence-corrected chi connectivity index (χ1v) is 10.1. The predicted octanol–water partition coefficient (Wildman–Crippen LogP) is 3.61. The first-order chi connectivity index (χ1) is 12.5. The van der Waals surface area contributed by atoms with Crippen LogP contribution in [0.3, 0.4) is 0 Å². The fourth-order valence-electron chi connectivity index (χ4n) is 5.19. The molecule has 4 aliphatic rings. The number of rotatable bonds is 4. The summed E-state index contributed by atoms with van der Waals surface area (Å²) in [5.41, 5.74) is 2.93. The van der Waals surface area contributed by atoms with E-state index in [-0.39, 0.29) is 23.2 Å². The van der Waals surface area contributed by atoms with Crippen molar-refractivity contribution in [3.8, 4) is 0 Å². The van der Waals surface area contributed by atoms with E-state index in [4.69, 9.17) is 4.74 Å². The number of hydrogen-bond donors (Lipinski definition) is 0. The number of nitrogens with zero attached hydrogens (tertiary/aromatic N) is 1. The molecule has 138 valence electrons. The molecule has 0 radical (unpaired) electrons. The lowest BCUT2D eigenvalue weighted by Gasteiger charge is -2.47. The molecule has 1 heterocycles. The average Bonchev–Trinajstić information content (AvgIpc) is 3.34. The lowest BCUT2D eigenvalue weighted by atomic mass is 9.61. The smallest absolute Gasteiger partial charge is 0.306 e. The molecule has 5 rings (SSSR count). The number of esters is 1. The van der Waals surface area contributed by atoms with E-state index in [0.29, 0.717) is 25.0 Å². The maximum Gasteiger partial charge on any atom is 0.306 e. The molecular formula is C22H27NO3. The van der Waals surface area contributed by atoms with Gasteiger partial charge in [-0.25, -0.2) is 0 Å². The number of amides is 1. The zero-order valence-corrected chi connectivity index (χ0v) is 15.4. The van der Waals surface area contributed by atoms with Crippen molar-refractivity contribution in [2.45, 2.75) is 62.8 Å². The lowest BCUT2D eigenvalue weighted by molar-refractivity contribution is -0.146. The van der Waals surface area contributed by atoms with Crippen LogP contribution in [0.4, 0.5) is 0 Å². The number of benzene rings is 1. The summed E-state index contributed by atoms with van der Waals surface area (Å²) in [6.45, 7) is 0.516. The van der Waals surface area contributed by atoms with Crippen LogP contribution in [-0.4, -0.2) is 36.5 Å². The van der Waals surface area contributed by atoms with Crippen LogP contribution in [0.25, 0.3) is 0 Å². The van der Waals surface area contributed by atoms with E-state index >= 15 is 0 Å². The molecule has 1 saturated heterocycles. The molecule has 26 heavy (non-hydrogen) atoms. The second-order valence-corrected chi connectivity index (χ2v) is 9.16. The normalized spacial score (nSPS) is 35.6. The SMILES string of the molecule is CN(C(=O)C1CC2(COC(=O)C2)C1)C1CC(c2cccc(C3CC3)c2)C1. The van der Waals surface area contributed by atoms with Gasteiger partial charge in [0.2, 0.25) is 5.91 Å². The van der Waals surface area contributed by atoms with E-state index in [1.165, 1.54) is 24.0 Å². The van der Waals surface area contributed by atoms with Crippen molar-refractivity contribution in [1.29, 1.82) is 0 Å². The Kier molecular flexibility index (Phi) is 3.67. The van der Waals surface area contributed by atoms with Gasteiger partial charge in [-0.15, -0.1) is 0 Å². The minimum atomic E-state index is -0.0977. The zero-order chi connectivity index (χ0) is 17.9. The van der Waals surface area contributed by atoms with Gasteiger partial charge in [-0.1, -0.05) is 24.3 Å². The van der Waals surface area contributed by atoms with E-state index in [0.717, 1.165) is 31.6 Å². The van der Waals surface area contributed by atoms with Crippen LogP contribution < -0.4 is 0 Å². The molecule has 0 atom stereocenters. The lowest BCUT2D eigenvalue weighted by Crippen LogP contribution is -2.51. The first kappa shape index (κ1) is 16.3. The van der Waals surface area contributed by atoms with E-state index < -0.39 is 0 Å². The van der Waals surface area contributed by atoms with Crippen molar-refractivity contribution < 1.29 is 14.3 Å². The minimum Gasteiger partial charge on any atom is -0.465 e. The summed E-state index contributed by atoms with van der Waals surface area (Å²) in [6.07, 6.45) is 6.99. The number of carbonyl (C=O) groups excluding carboxylic acids is 2. The predicted molar refractivity (Wildman–Crippen MR) is 97.7 cm³/mol. The third-order valence-electron chi connectivity index (χ3n) is 7.21. The standard InChI is InChI=1S/C22H27NO3/c1-23(21(25)18-10-22(11-18)12-20(24)26-13-22)19-8-17(9-19)16-4-2-3-15(7-16)14-5-6-14/h2-4,7,14,17-19H,5-6,8-13H2,1H3. The molecule has 4 heteroatoms. The maximum absolute atomic E-state index is 12.8. The van der Waals surface area contributed by atoms with Gasteiger partial charge in [0.15, 0.2) is 0 Å². The Balaban J connectivity index is 1.14. The van der Waals surface area contributed by atoms with Crippen molar-refractivity contribution >= 4 is 11.9 Å². The molecule has 3 aliphatic carbocycles. The molecule has 0 unspecified atom stereocenters. The second-order valence-electron chi connectivity index (χ2n) is 9.16. The summed E-state index contributed by atoms with van der Waals surface area (Å²) in [5.74, 6) is 1.66. The summed E-state index contributed by atoms with van der Waals surface area (Å²) in [4.78, 5) is 26.1. The Morgan fingerprint density at radius 3 is 2.46 bits per heavy atom. The summed E-state index contributed by atoms with van der Waals surface area (Å²) in [7, 11) is 1.96. The first-order valence-electron chi connectivity index (χ1n) is 10.1.